The maximum absolute atomic E-state index is 12.2. The van der Waals surface area contributed by atoms with Crippen LogP contribution in [-0.2, 0) is 0 Å². The molecular weight excluding hydrogens is 326 g/mol. The van der Waals surface area contributed by atoms with E-state index in [-0.39, 0.29) is 5.43 Å². The Balaban J connectivity index is 1.69. The number of aromatic amines is 1. The fourth-order valence-corrected chi connectivity index (χ4v) is 3.17. The standard InChI is InChI=1S/C20H21N5O/c1-24-8-10-25(11-9-24)15-5-7-22-18(12-15)20-14-16(26)13-19(23-20)17-4-2-3-6-21-17/h2-7,12-14H,8-11H2,1H3,(H,23,26). The summed E-state index contributed by atoms with van der Waals surface area (Å²) in [5.41, 5.74) is 3.96. The largest absolute Gasteiger partial charge is 0.369 e. The smallest absolute Gasteiger partial charge is 0.182 e. The quantitative estimate of drug-likeness (QED) is 0.787. The molecule has 1 aliphatic rings. The first-order valence-electron chi connectivity index (χ1n) is 8.75. The summed E-state index contributed by atoms with van der Waals surface area (Å²) in [5.74, 6) is 0. The molecule has 1 aliphatic heterocycles. The molecule has 1 fully saturated rings. The minimum Gasteiger partial charge on any atom is -0.369 e. The average Bonchev–Trinajstić information content (AvgIpc) is 2.69. The minimum absolute atomic E-state index is 0.0637. The van der Waals surface area contributed by atoms with E-state index in [1.807, 2.05) is 30.3 Å². The van der Waals surface area contributed by atoms with Gasteiger partial charge in [0.15, 0.2) is 5.43 Å². The van der Waals surface area contributed by atoms with Gasteiger partial charge in [-0.15, -0.1) is 0 Å². The zero-order valence-electron chi connectivity index (χ0n) is 14.7. The molecule has 3 aromatic heterocycles. The molecule has 4 rings (SSSR count). The predicted octanol–water partition coefficient (Wildman–Crippen LogP) is 2.25. The SMILES string of the molecule is CN1CCN(c2ccnc(-c3cc(=O)cc(-c4ccccn4)[nH]3)c2)CC1. The lowest BCUT2D eigenvalue weighted by atomic mass is 10.1. The normalized spacial score (nSPS) is 15.2. The van der Waals surface area contributed by atoms with E-state index in [9.17, 15) is 4.79 Å². The van der Waals surface area contributed by atoms with Crippen molar-refractivity contribution in [2.75, 3.05) is 38.1 Å². The van der Waals surface area contributed by atoms with Crippen molar-refractivity contribution >= 4 is 5.69 Å². The van der Waals surface area contributed by atoms with E-state index in [0.717, 1.165) is 43.3 Å². The van der Waals surface area contributed by atoms with Crippen LogP contribution in [0.1, 0.15) is 0 Å². The Kier molecular flexibility index (Phi) is 4.50. The van der Waals surface area contributed by atoms with E-state index in [2.05, 4.69) is 31.8 Å². The van der Waals surface area contributed by atoms with Crippen LogP contribution in [0.25, 0.3) is 22.8 Å². The molecular formula is C20H21N5O. The number of nitrogens with one attached hydrogen (secondary N) is 1. The number of nitrogens with zero attached hydrogens (tertiary/aromatic N) is 4. The molecule has 0 atom stereocenters. The molecule has 0 saturated carbocycles. The van der Waals surface area contributed by atoms with Gasteiger partial charge in [-0.1, -0.05) is 6.07 Å². The molecule has 1 N–H and O–H groups in total. The van der Waals surface area contributed by atoms with Crippen LogP contribution < -0.4 is 10.3 Å². The minimum atomic E-state index is -0.0637. The van der Waals surface area contributed by atoms with Crippen molar-refractivity contribution in [3.05, 3.63) is 65.1 Å². The van der Waals surface area contributed by atoms with Gasteiger partial charge in [-0.3, -0.25) is 14.8 Å². The van der Waals surface area contributed by atoms with Gasteiger partial charge in [0, 0.05) is 56.4 Å². The lowest BCUT2D eigenvalue weighted by molar-refractivity contribution is 0.313. The highest BCUT2D eigenvalue weighted by Crippen LogP contribution is 2.23. The maximum Gasteiger partial charge on any atom is 0.182 e. The van der Waals surface area contributed by atoms with Gasteiger partial charge in [0.2, 0.25) is 0 Å². The Bertz CT molecular complexity index is 946. The van der Waals surface area contributed by atoms with Gasteiger partial charge in [-0.2, -0.15) is 0 Å². The number of H-pyrrole nitrogens is 1. The van der Waals surface area contributed by atoms with Crippen LogP contribution in [-0.4, -0.2) is 53.1 Å². The second-order valence-electron chi connectivity index (χ2n) is 6.55. The summed E-state index contributed by atoms with van der Waals surface area (Å²) >= 11 is 0. The van der Waals surface area contributed by atoms with E-state index >= 15 is 0 Å². The van der Waals surface area contributed by atoms with Crippen molar-refractivity contribution in [3.63, 3.8) is 0 Å². The number of rotatable bonds is 3. The highest BCUT2D eigenvalue weighted by atomic mass is 16.1. The Morgan fingerprint density at radius 1 is 0.885 bits per heavy atom. The molecule has 0 spiro atoms. The Labute approximate surface area is 152 Å². The molecule has 3 aromatic rings. The molecule has 4 heterocycles. The number of anilines is 1. The van der Waals surface area contributed by atoms with Crippen LogP contribution in [0.15, 0.2) is 59.7 Å². The molecule has 6 heteroatoms. The molecule has 0 radical (unpaired) electrons. The van der Waals surface area contributed by atoms with E-state index in [1.54, 1.807) is 24.5 Å². The van der Waals surface area contributed by atoms with Crippen molar-refractivity contribution in [1.82, 2.24) is 19.9 Å². The first-order chi connectivity index (χ1) is 12.7. The highest BCUT2D eigenvalue weighted by Gasteiger charge is 2.15. The van der Waals surface area contributed by atoms with Gasteiger partial charge in [0.25, 0.3) is 0 Å². The van der Waals surface area contributed by atoms with E-state index < -0.39 is 0 Å². The fraction of sp³-hybridized carbons (Fsp3) is 0.250. The van der Waals surface area contributed by atoms with Crippen LogP contribution in [0.2, 0.25) is 0 Å². The molecule has 6 nitrogen and oxygen atoms in total. The first kappa shape index (κ1) is 16.5. The van der Waals surface area contributed by atoms with Crippen LogP contribution >= 0.6 is 0 Å². The van der Waals surface area contributed by atoms with E-state index in [1.165, 1.54) is 0 Å². The van der Waals surface area contributed by atoms with Crippen molar-refractivity contribution < 1.29 is 0 Å². The number of pyridine rings is 3. The van der Waals surface area contributed by atoms with Crippen molar-refractivity contribution in [2.24, 2.45) is 0 Å². The summed E-state index contributed by atoms with van der Waals surface area (Å²) in [5, 5.41) is 0. The molecule has 0 aromatic carbocycles. The summed E-state index contributed by atoms with van der Waals surface area (Å²) in [4.78, 5) is 29.0. The predicted molar refractivity (Wildman–Crippen MR) is 103 cm³/mol. The van der Waals surface area contributed by atoms with Crippen LogP contribution in [0.4, 0.5) is 5.69 Å². The summed E-state index contributed by atoms with van der Waals surface area (Å²) in [6, 6.07) is 12.8. The second-order valence-corrected chi connectivity index (χ2v) is 6.55. The maximum atomic E-state index is 12.2. The van der Waals surface area contributed by atoms with Gasteiger partial charge < -0.3 is 14.8 Å². The zero-order chi connectivity index (χ0) is 17.9. The van der Waals surface area contributed by atoms with Crippen molar-refractivity contribution in [2.45, 2.75) is 0 Å². The lowest BCUT2D eigenvalue weighted by Gasteiger charge is -2.34. The average molecular weight is 347 g/mol. The lowest BCUT2D eigenvalue weighted by Crippen LogP contribution is -2.44. The zero-order valence-corrected chi connectivity index (χ0v) is 14.7. The van der Waals surface area contributed by atoms with Gasteiger partial charge in [0.1, 0.15) is 0 Å². The molecule has 26 heavy (non-hydrogen) atoms. The molecule has 0 amide bonds. The summed E-state index contributed by atoms with van der Waals surface area (Å²) in [6.45, 7) is 4.07. The number of piperazine rings is 1. The third kappa shape index (κ3) is 3.50. The van der Waals surface area contributed by atoms with Gasteiger partial charge >= 0.3 is 0 Å². The van der Waals surface area contributed by atoms with E-state index in [4.69, 9.17) is 0 Å². The fourth-order valence-electron chi connectivity index (χ4n) is 3.17. The molecule has 1 saturated heterocycles. The highest BCUT2D eigenvalue weighted by molar-refractivity contribution is 5.65. The van der Waals surface area contributed by atoms with Crippen LogP contribution in [0.5, 0.6) is 0 Å². The van der Waals surface area contributed by atoms with Crippen LogP contribution in [0.3, 0.4) is 0 Å². The second kappa shape index (κ2) is 7.09. The monoisotopic (exact) mass is 347 g/mol. The summed E-state index contributed by atoms with van der Waals surface area (Å²) in [6.07, 6.45) is 3.52. The van der Waals surface area contributed by atoms with Gasteiger partial charge in [-0.05, 0) is 31.3 Å². The summed E-state index contributed by atoms with van der Waals surface area (Å²) < 4.78 is 0. The van der Waals surface area contributed by atoms with Crippen LogP contribution in [0, 0.1) is 0 Å². The third-order valence-corrected chi connectivity index (χ3v) is 4.67. The van der Waals surface area contributed by atoms with Crippen molar-refractivity contribution in [1.29, 1.82) is 0 Å². The summed E-state index contributed by atoms with van der Waals surface area (Å²) in [7, 11) is 2.14. The molecule has 0 aliphatic carbocycles. The number of hydrogen-bond donors (Lipinski definition) is 1. The van der Waals surface area contributed by atoms with Gasteiger partial charge in [-0.25, -0.2) is 0 Å². The molecule has 132 valence electrons. The van der Waals surface area contributed by atoms with E-state index in [0.29, 0.717) is 11.4 Å². The van der Waals surface area contributed by atoms with Gasteiger partial charge in [0.05, 0.1) is 22.8 Å². The molecule has 0 unspecified atom stereocenters. The number of aromatic nitrogens is 3. The topological polar surface area (TPSA) is 65.1 Å². The first-order valence-corrected chi connectivity index (χ1v) is 8.75. The third-order valence-electron chi connectivity index (χ3n) is 4.67. The molecule has 0 bridgehead atoms. The van der Waals surface area contributed by atoms with Crippen molar-refractivity contribution in [3.8, 4) is 22.8 Å². The Morgan fingerprint density at radius 2 is 1.62 bits per heavy atom. The Hall–Kier alpha value is -2.99. The Morgan fingerprint density at radius 3 is 2.35 bits per heavy atom. The number of likely N-dealkylation sites (N-methyl/N-ethyl adjacent to an activating group) is 1. The number of hydrogen-bond acceptors (Lipinski definition) is 5.